The quantitative estimate of drug-likeness (QED) is 0.751. The first-order chi connectivity index (χ1) is 7.20. The van der Waals surface area contributed by atoms with Gasteiger partial charge in [0.15, 0.2) is 0 Å². The number of hydrogen-bond acceptors (Lipinski definition) is 4. The molecule has 1 aromatic heterocycles. The van der Waals surface area contributed by atoms with E-state index in [1.807, 2.05) is 40.8 Å². The number of ether oxygens (including phenoxy) is 1. The summed E-state index contributed by atoms with van der Waals surface area (Å²) in [7, 11) is 1.60. The van der Waals surface area contributed by atoms with Crippen molar-refractivity contribution in [1.82, 2.24) is 10.1 Å². The maximum atomic E-state index is 5.23. The summed E-state index contributed by atoms with van der Waals surface area (Å²) in [5.74, 6) is 1.16. The summed E-state index contributed by atoms with van der Waals surface area (Å²) < 4.78 is 11.8. The molecule has 0 aliphatic rings. The molecule has 0 radical (unpaired) electrons. The second kappa shape index (κ2) is 4.48. The van der Waals surface area contributed by atoms with E-state index < -0.39 is 0 Å². The van der Waals surface area contributed by atoms with Gasteiger partial charge in [0.25, 0.3) is 5.89 Å². The lowest BCUT2D eigenvalue weighted by atomic mass is 10.2. The third-order valence-corrected chi connectivity index (χ3v) is 2.73. The van der Waals surface area contributed by atoms with Crippen LogP contribution in [-0.4, -0.2) is 17.3 Å². The lowest BCUT2D eigenvalue weighted by Gasteiger charge is -2.04. The number of methoxy groups -OCH3 is 1. The van der Waals surface area contributed by atoms with Crippen molar-refractivity contribution in [2.45, 2.75) is 0 Å². The van der Waals surface area contributed by atoms with Crippen LogP contribution < -0.4 is 4.74 Å². The van der Waals surface area contributed by atoms with E-state index in [1.54, 1.807) is 7.11 Å². The summed E-state index contributed by atoms with van der Waals surface area (Å²) in [4.78, 5) is 4.13. The maximum absolute atomic E-state index is 5.23. The summed E-state index contributed by atoms with van der Waals surface area (Å²) in [6.07, 6.45) is 0. The van der Waals surface area contributed by atoms with Gasteiger partial charge in [-0.15, -0.1) is 0 Å². The van der Waals surface area contributed by atoms with Crippen LogP contribution in [0.25, 0.3) is 11.5 Å². The highest BCUT2D eigenvalue weighted by Gasteiger charge is 2.12. The molecule has 0 saturated carbocycles. The molecule has 78 valence electrons. The molecule has 15 heavy (non-hydrogen) atoms. The lowest BCUT2D eigenvalue weighted by Crippen LogP contribution is -1.88. The monoisotopic (exact) mass is 380 g/mol. The van der Waals surface area contributed by atoms with Gasteiger partial charge in [-0.1, -0.05) is 21.1 Å². The fourth-order valence-electron chi connectivity index (χ4n) is 1.16. The number of halogens is 2. The maximum Gasteiger partial charge on any atom is 0.262 e. The molecule has 0 unspecified atom stereocenters. The van der Waals surface area contributed by atoms with E-state index in [1.165, 1.54) is 0 Å². The Morgan fingerprint density at radius 3 is 2.87 bits per heavy atom. The van der Waals surface area contributed by atoms with Crippen molar-refractivity contribution >= 4 is 38.5 Å². The zero-order chi connectivity index (χ0) is 10.8. The average Bonchev–Trinajstić information content (AvgIpc) is 2.64. The largest absolute Gasteiger partial charge is 0.496 e. The van der Waals surface area contributed by atoms with E-state index in [0.717, 1.165) is 10.0 Å². The molecule has 0 amide bonds. The Labute approximate surface area is 108 Å². The van der Waals surface area contributed by atoms with Gasteiger partial charge in [0.1, 0.15) is 5.75 Å². The highest BCUT2D eigenvalue weighted by atomic mass is 127. The molecule has 0 aliphatic carbocycles. The number of hydrogen-bond donors (Lipinski definition) is 0. The van der Waals surface area contributed by atoms with Gasteiger partial charge < -0.3 is 9.26 Å². The topological polar surface area (TPSA) is 48.2 Å². The second-order valence-electron chi connectivity index (χ2n) is 2.71. The fourth-order valence-corrected chi connectivity index (χ4v) is 1.81. The molecule has 0 atom stereocenters. The Kier molecular flexibility index (Phi) is 3.25. The van der Waals surface area contributed by atoms with E-state index in [-0.39, 0.29) is 0 Å². The summed E-state index contributed by atoms with van der Waals surface area (Å²) >= 11 is 5.36. The predicted molar refractivity (Wildman–Crippen MR) is 66.7 cm³/mol. The zero-order valence-electron chi connectivity index (χ0n) is 7.70. The highest BCUT2D eigenvalue weighted by molar-refractivity contribution is 14.1. The van der Waals surface area contributed by atoms with Crippen LogP contribution in [0.3, 0.4) is 0 Å². The van der Waals surface area contributed by atoms with E-state index in [4.69, 9.17) is 9.26 Å². The molecule has 6 heteroatoms. The number of benzene rings is 1. The van der Waals surface area contributed by atoms with Crippen molar-refractivity contribution in [1.29, 1.82) is 0 Å². The minimum atomic E-state index is 0.462. The van der Waals surface area contributed by atoms with Gasteiger partial charge in [0.05, 0.1) is 12.7 Å². The molecular weight excluding hydrogens is 375 g/mol. The summed E-state index contributed by atoms with van der Waals surface area (Å²) in [5.41, 5.74) is 0.788. The van der Waals surface area contributed by atoms with Gasteiger partial charge in [0.2, 0.25) is 3.83 Å². The SMILES string of the molecule is COc1cc(Br)ccc1-c1nc(I)no1. The number of aromatic nitrogens is 2. The summed E-state index contributed by atoms with van der Waals surface area (Å²) in [6, 6.07) is 5.62. The smallest absolute Gasteiger partial charge is 0.262 e. The van der Waals surface area contributed by atoms with Crippen molar-refractivity contribution in [2.24, 2.45) is 0 Å². The predicted octanol–water partition coefficient (Wildman–Crippen LogP) is 3.11. The Morgan fingerprint density at radius 2 is 2.27 bits per heavy atom. The van der Waals surface area contributed by atoms with Crippen LogP contribution in [0, 0.1) is 3.83 Å². The molecule has 0 fully saturated rings. The lowest BCUT2D eigenvalue weighted by molar-refractivity contribution is 0.403. The van der Waals surface area contributed by atoms with Gasteiger partial charge in [-0.05, 0) is 18.2 Å². The van der Waals surface area contributed by atoms with Gasteiger partial charge >= 0.3 is 0 Å². The first kappa shape index (κ1) is 10.9. The first-order valence-electron chi connectivity index (χ1n) is 4.04. The Morgan fingerprint density at radius 1 is 1.47 bits per heavy atom. The molecule has 0 bridgehead atoms. The number of rotatable bonds is 2. The van der Waals surface area contributed by atoms with E-state index in [9.17, 15) is 0 Å². The Hall–Kier alpha value is -0.630. The first-order valence-corrected chi connectivity index (χ1v) is 5.91. The molecule has 0 N–H and O–H groups in total. The molecular formula is C9H6BrIN2O2. The van der Waals surface area contributed by atoms with Gasteiger partial charge in [0, 0.05) is 27.1 Å². The Bertz CT molecular complexity index is 487. The van der Waals surface area contributed by atoms with E-state index in [0.29, 0.717) is 15.5 Å². The molecule has 0 aliphatic heterocycles. The summed E-state index contributed by atoms with van der Waals surface area (Å²) in [5, 5.41) is 3.72. The molecule has 0 saturated heterocycles. The van der Waals surface area contributed by atoms with Crippen molar-refractivity contribution in [3.63, 3.8) is 0 Å². The van der Waals surface area contributed by atoms with Gasteiger partial charge in [-0.25, -0.2) is 0 Å². The summed E-state index contributed by atoms with van der Waals surface area (Å²) in [6.45, 7) is 0. The van der Waals surface area contributed by atoms with Crippen molar-refractivity contribution in [3.05, 3.63) is 26.5 Å². The number of nitrogens with zero attached hydrogens (tertiary/aromatic N) is 2. The fraction of sp³-hybridized carbons (Fsp3) is 0.111. The second-order valence-corrected chi connectivity index (χ2v) is 4.59. The van der Waals surface area contributed by atoms with Crippen LogP contribution in [0.4, 0.5) is 0 Å². The van der Waals surface area contributed by atoms with Gasteiger partial charge in [-0.3, -0.25) is 0 Å². The zero-order valence-corrected chi connectivity index (χ0v) is 11.4. The van der Waals surface area contributed by atoms with Crippen LogP contribution in [0.15, 0.2) is 27.2 Å². The molecule has 2 aromatic rings. The average molecular weight is 381 g/mol. The Balaban J connectivity index is 2.52. The molecule has 4 nitrogen and oxygen atoms in total. The van der Waals surface area contributed by atoms with Crippen LogP contribution >= 0.6 is 38.5 Å². The van der Waals surface area contributed by atoms with E-state index >= 15 is 0 Å². The van der Waals surface area contributed by atoms with Crippen molar-refractivity contribution in [3.8, 4) is 17.2 Å². The van der Waals surface area contributed by atoms with Crippen LogP contribution in [0.1, 0.15) is 0 Å². The van der Waals surface area contributed by atoms with E-state index in [2.05, 4.69) is 26.1 Å². The minimum absolute atomic E-state index is 0.462. The van der Waals surface area contributed by atoms with Crippen LogP contribution in [0.2, 0.25) is 0 Å². The third-order valence-electron chi connectivity index (χ3n) is 1.80. The highest BCUT2D eigenvalue weighted by Crippen LogP contribution is 2.31. The minimum Gasteiger partial charge on any atom is -0.496 e. The molecule has 1 heterocycles. The van der Waals surface area contributed by atoms with Crippen molar-refractivity contribution < 1.29 is 9.26 Å². The molecule has 0 spiro atoms. The normalized spacial score (nSPS) is 10.3. The van der Waals surface area contributed by atoms with Crippen molar-refractivity contribution in [2.75, 3.05) is 7.11 Å². The molecule has 1 aromatic carbocycles. The van der Waals surface area contributed by atoms with Crippen LogP contribution in [-0.2, 0) is 0 Å². The van der Waals surface area contributed by atoms with Gasteiger partial charge in [-0.2, -0.15) is 4.98 Å². The molecule has 2 rings (SSSR count). The standard InChI is InChI=1S/C9H6BrIN2O2/c1-14-7-4-5(10)2-3-6(7)8-12-9(11)13-15-8/h2-4H,1H3. The van der Waals surface area contributed by atoms with Crippen LogP contribution in [0.5, 0.6) is 5.75 Å². The third kappa shape index (κ3) is 2.31.